The van der Waals surface area contributed by atoms with Crippen LogP contribution in [0.2, 0.25) is 0 Å². The minimum absolute atomic E-state index is 0.232. The highest BCUT2D eigenvalue weighted by atomic mass is 35.5. The largest absolute Gasteiger partial charge is 0.347 e. The van der Waals surface area contributed by atoms with Gasteiger partial charge in [0.25, 0.3) is 5.91 Å². The molecular formula is C12H13ClN4O. The van der Waals surface area contributed by atoms with Crippen molar-refractivity contribution in [3.05, 3.63) is 40.8 Å². The van der Waals surface area contributed by atoms with Crippen molar-refractivity contribution in [2.75, 3.05) is 6.54 Å². The topological polar surface area (TPSA) is 59.3 Å². The zero-order chi connectivity index (χ0) is 13.3. The van der Waals surface area contributed by atoms with Crippen molar-refractivity contribution in [1.82, 2.24) is 19.9 Å². The number of halogens is 1. The molecule has 0 bridgehead atoms. The maximum Gasteiger partial charge on any atom is 0.254 e. The summed E-state index contributed by atoms with van der Waals surface area (Å²) in [5, 5.41) is 7.32. The molecule has 0 spiro atoms. The first kappa shape index (κ1) is 12.6. The minimum Gasteiger partial charge on any atom is -0.347 e. The number of hydrogen-bond donors (Lipinski definition) is 1. The molecule has 18 heavy (non-hydrogen) atoms. The predicted octanol–water partition coefficient (Wildman–Crippen LogP) is 1.83. The van der Waals surface area contributed by atoms with Crippen LogP contribution in [0.3, 0.4) is 0 Å². The number of amides is 1. The van der Waals surface area contributed by atoms with Crippen molar-refractivity contribution in [3.63, 3.8) is 0 Å². The summed E-state index contributed by atoms with van der Waals surface area (Å²) in [7, 11) is 0. The van der Waals surface area contributed by atoms with Crippen molar-refractivity contribution in [2.24, 2.45) is 0 Å². The Morgan fingerprint density at radius 3 is 2.94 bits per heavy atom. The molecule has 0 aromatic carbocycles. The number of hydrogen-bond acceptors (Lipinski definition) is 3. The second-order valence-corrected chi connectivity index (χ2v) is 4.55. The summed E-state index contributed by atoms with van der Waals surface area (Å²) in [6, 6.07) is 1.86. The van der Waals surface area contributed by atoms with Gasteiger partial charge in [0, 0.05) is 17.3 Å². The molecule has 94 valence electrons. The molecule has 0 fully saturated rings. The van der Waals surface area contributed by atoms with E-state index in [-0.39, 0.29) is 12.5 Å². The Morgan fingerprint density at radius 2 is 2.28 bits per heavy atom. The molecule has 0 atom stereocenters. The fourth-order valence-corrected chi connectivity index (χ4v) is 1.72. The normalized spacial score (nSPS) is 10.6. The third-order valence-electron chi connectivity index (χ3n) is 2.53. The van der Waals surface area contributed by atoms with Gasteiger partial charge in [0.1, 0.15) is 0 Å². The average Bonchev–Trinajstić information content (AvgIpc) is 2.68. The van der Waals surface area contributed by atoms with E-state index in [1.54, 1.807) is 4.52 Å². The smallest absolute Gasteiger partial charge is 0.254 e. The SMILES string of the molecule is C=C(Cl)CNC(=O)c1cnc2cc(C)nn2c1C. The van der Waals surface area contributed by atoms with Gasteiger partial charge >= 0.3 is 0 Å². The van der Waals surface area contributed by atoms with E-state index in [0.29, 0.717) is 10.6 Å². The van der Waals surface area contributed by atoms with Gasteiger partial charge in [-0.2, -0.15) is 5.10 Å². The van der Waals surface area contributed by atoms with Crippen LogP contribution < -0.4 is 5.32 Å². The zero-order valence-electron chi connectivity index (χ0n) is 10.2. The van der Waals surface area contributed by atoms with Crippen molar-refractivity contribution in [3.8, 4) is 0 Å². The van der Waals surface area contributed by atoms with Crippen LogP contribution in [0.5, 0.6) is 0 Å². The second-order valence-electron chi connectivity index (χ2n) is 4.01. The van der Waals surface area contributed by atoms with E-state index in [1.807, 2.05) is 19.9 Å². The Balaban J connectivity index is 2.36. The van der Waals surface area contributed by atoms with E-state index < -0.39 is 0 Å². The van der Waals surface area contributed by atoms with Gasteiger partial charge in [0.05, 0.1) is 23.5 Å². The monoisotopic (exact) mass is 264 g/mol. The maximum absolute atomic E-state index is 11.9. The highest BCUT2D eigenvalue weighted by Gasteiger charge is 2.13. The summed E-state index contributed by atoms with van der Waals surface area (Å²) < 4.78 is 1.65. The fraction of sp³-hybridized carbons (Fsp3) is 0.250. The molecule has 2 heterocycles. The highest BCUT2D eigenvalue weighted by molar-refractivity contribution is 6.29. The number of nitrogens with zero attached hydrogens (tertiary/aromatic N) is 3. The number of aromatic nitrogens is 3. The zero-order valence-corrected chi connectivity index (χ0v) is 11.0. The van der Waals surface area contributed by atoms with Crippen LogP contribution in [0.4, 0.5) is 0 Å². The molecule has 6 heteroatoms. The molecule has 5 nitrogen and oxygen atoms in total. The molecule has 0 aliphatic heterocycles. The minimum atomic E-state index is -0.239. The van der Waals surface area contributed by atoms with Gasteiger partial charge in [-0.3, -0.25) is 4.79 Å². The maximum atomic E-state index is 11.9. The third kappa shape index (κ3) is 2.36. The van der Waals surface area contributed by atoms with Gasteiger partial charge in [-0.1, -0.05) is 18.2 Å². The van der Waals surface area contributed by atoms with Gasteiger partial charge in [-0.05, 0) is 13.8 Å². The Morgan fingerprint density at radius 1 is 1.56 bits per heavy atom. The van der Waals surface area contributed by atoms with Gasteiger partial charge in [-0.15, -0.1) is 0 Å². The van der Waals surface area contributed by atoms with E-state index in [0.717, 1.165) is 17.0 Å². The lowest BCUT2D eigenvalue weighted by molar-refractivity contribution is 0.0956. The number of fused-ring (bicyclic) bond motifs is 1. The van der Waals surface area contributed by atoms with Crippen molar-refractivity contribution in [2.45, 2.75) is 13.8 Å². The Labute approximate surface area is 109 Å². The van der Waals surface area contributed by atoms with Crippen LogP contribution in [0.15, 0.2) is 23.9 Å². The molecule has 0 unspecified atom stereocenters. The molecule has 1 amide bonds. The second kappa shape index (κ2) is 4.78. The standard InChI is InChI=1S/C12H13ClN4O/c1-7(13)5-15-12(18)10-6-14-11-4-8(2)16-17(11)9(10)3/h4,6H,1,5H2,2-3H3,(H,15,18). The first-order valence-corrected chi connectivity index (χ1v) is 5.80. The van der Waals surface area contributed by atoms with E-state index in [1.165, 1.54) is 6.20 Å². The van der Waals surface area contributed by atoms with Crippen molar-refractivity contribution in [1.29, 1.82) is 0 Å². The number of carbonyl (C=O) groups is 1. The van der Waals surface area contributed by atoms with Gasteiger partial charge in [0.15, 0.2) is 5.65 Å². The lowest BCUT2D eigenvalue weighted by atomic mass is 10.2. The summed E-state index contributed by atoms with van der Waals surface area (Å²) >= 11 is 5.61. The van der Waals surface area contributed by atoms with E-state index in [9.17, 15) is 4.79 Å². The van der Waals surface area contributed by atoms with E-state index in [2.05, 4.69) is 22.0 Å². The lowest BCUT2D eigenvalue weighted by Gasteiger charge is -2.07. The molecule has 0 aliphatic carbocycles. The summed E-state index contributed by atoms with van der Waals surface area (Å²) in [5.74, 6) is -0.239. The van der Waals surface area contributed by atoms with Crippen molar-refractivity contribution < 1.29 is 4.79 Å². The number of nitrogens with one attached hydrogen (secondary N) is 1. The highest BCUT2D eigenvalue weighted by Crippen LogP contribution is 2.11. The number of rotatable bonds is 3. The average molecular weight is 265 g/mol. The predicted molar refractivity (Wildman–Crippen MR) is 69.8 cm³/mol. The molecule has 0 saturated carbocycles. The molecule has 2 aromatic rings. The first-order chi connectivity index (χ1) is 8.49. The Kier molecular flexibility index (Phi) is 3.34. The van der Waals surface area contributed by atoms with Crippen LogP contribution >= 0.6 is 11.6 Å². The van der Waals surface area contributed by atoms with E-state index in [4.69, 9.17) is 11.6 Å². The summed E-state index contributed by atoms with van der Waals surface area (Å²) in [5.41, 5.74) is 2.80. The van der Waals surface area contributed by atoms with Crippen LogP contribution in [0, 0.1) is 13.8 Å². The molecule has 1 N–H and O–H groups in total. The van der Waals surface area contributed by atoms with Gasteiger partial charge in [-0.25, -0.2) is 9.50 Å². The molecule has 0 saturated heterocycles. The van der Waals surface area contributed by atoms with Crippen LogP contribution in [-0.4, -0.2) is 27.0 Å². The summed E-state index contributed by atoms with van der Waals surface area (Å²) in [4.78, 5) is 16.1. The van der Waals surface area contributed by atoms with Crippen LogP contribution in [0.25, 0.3) is 5.65 Å². The Bertz CT molecular complexity index is 632. The third-order valence-corrected chi connectivity index (χ3v) is 2.67. The summed E-state index contributed by atoms with van der Waals surface area (Å²) in [6.45, 7) is 7.45. The number of aryl methyl sites for hydroxylation is 2. The molecule has 2 aromatic heterocycles. The summed E-state index contributed by atoms with van der Waals surface area (Å²) in [6.07, 6.45) is 1.54. The molecule has 2 rings (SSSR count). The van der Waals surface area contributed by atoms with Crippen LogP contribution in [-0.2, 0) is 0 Å². The molecular weight excluding hydrogens is 252 g/mol. The Hall–Kier alpha value is -1.88. The van der Waals surface area contributed by atoms with E-state index >= 15 is 0 Å². The first-order valence-electron chi connectivity index (χ1n) is 5.42. The molecule has 0 aliphatic rings. The lowest BCUT2D eigenvalue weighted by Crippen LogP contribution is -2.26. The molecule has 0 radical (unpaired) electrons. The van der Waals surface area contributed by atoms with Gasteiger partial charge < -0.3 is 5.32 Å². The fourth-order valence-electron chi connectivity index (χ4n) is 1.66. The quantitative estimate of drug-likeness (QED) is 0.920. The van der Waals surface area contributed by atoms with Gasteiger partial charge in [0.2, 0.25) is 0 Å². The van der Waals surface area contributed by atoms with Crippen LogP contribution in [0.1, 0.15) is 21.7 Å². The number of carbonyl (C=O) groups excluding carboxylic acids is 1. The van der Waals surface area contributed by atoms with Crippen molar-refractivity contribution >= 4 is 23.2 Å².